The number of aromatic nitrogens is 3. The fraction of sp³-hybridized carbons (Fsp3) is 0.667. The fourth-order valence-corrected chi connectivity index (χ4v) is 2.17. The zero-order valence-electron chi connectivity index (χ0n) is 11.3. The van der Waals surface area contributed by atoms with E-state index < -0.39 is 5.97 Å². The second-order valence-corrected chi connectivity index (χ2v) is 4.82. The zero-order chi connectivity index (χ0) is 14.4. The van der Waals surface area contributed by atoms with Crippen LogP contribution in [-0.2, 0) is 11.3 Å². The molecule has 1 saturated heterocycles. The van der Waals surface area contributed by atoms with E-state index in [1.54, 1.807) is 0 Å². The molecule has 0 saturated carbocycles. The van der Waals surface area contributed by atoms with Crippen LogP contribution in [0.3, 0.4) is 0 Å². The lowest BCUT2D eigenvalue weighted by Crippen LogP contribution is -2.31. The van der Waals surface area contributed by atoms with Crippen LogP contribution in [0.1, 0.15) is 29.8 Å². The molecular formula is C12H19N5O3. The summed E-state index contributed by atoms with van der Waals surface area (Å²) >= 11 is 0. The van der Waals surface area contributed by atoms with Crippen LogP contribution in [-0.4, -0.2) is 63.1 Å². The summed E-state index contributed by atoms with van der Waals surface area (Å²) in [7, 11) is 0. The standard InChI is InChI=1S/C12H19N5O3/c18-11(3-7-16-5-1-2-6-16)13-4-8-17-9-10(12(19)20)14-15-17/h9H,1-8H2,(H,13,18)(H,19,20). The van der Waals surface area contributed by atoms with Gasteiger partial charge in [-0.05, 0) is 25.9 Å². The van der Waals surface area contributed by atoms with Crippen molar-refractivity contribution in [1.82, 2.24) is 25.2 Å². The van der Waals surface area contributed by atoms with Gasteiger partial charge in [0.25, 0.3) is 0 Å². The van der Waals surface area contributed by atoms with Crippen molar-refractivity contribution in [2.24, 2.45) is 0 Å². The average Bonchev–Trinajstić information content (AvgIpc) is 3.07. The minimum absolute atomic E-state index is 0.00970. The van der Waals surface area contributed by atoms with Gasteiger partial charge in [0.1, 0.15) is 0 Å². The van der Waals surface area contributed by atoms with E-state index in [-0.39, 0.29) is 11.6 Å². The number of nitrogens with one attached hydrogen (secondary N) is 1. The Morgan fingerprint density at radius 3 is 2.70 bits per heavy atom. The molecule has 0 radical (unpaired) electrons. The van der Waals surface area contributed by atoms with Crippen molar-refractivity contribution in [2.75, 3.05) is 26.2 Å². The van der Waals surface area contributed by atoms with Crippen molar-refractivity contribution in [3.8, 4) is 0 Å². The molecule has 8 heteroatoms. The molecule has 2 N–H and O–H groups in total. The third-order valence-electron chi connectivity index (χ3n) is 3.27. The number of hydrogen-bond acceptors (Lipinski definition) is 5. The molecule has 1 aromatic rings. The third kappa shape index (κ3) is 4.30. The number of nitrogens with zero attached hydrogens (tertiary/aromatic N) is 4. The van der Waals surface area contributed by atoms with Crippen LogP contribution in [0.2, 0.25) is 0 Å². The molecule has 2 rings (SSSR count). The summed E-state index contributed by atoms with van der Waals surface area (Å²) in [4.78, 5) is 24.5. The minimum atomic E-state index is -1.11. The van der Waals surface area contributed by atoms with Gasteiger partial charge in [0.15, 0.2) is 5.69 Å². The normalized spacial score (nSPS) is 15.4. The smallest absolute Gasteiger partial charge is 0.358 e. The summed E-state index contributed by atoms with van der Waals surface area (Å²) in [5, 5.41) is 18.7. The van der Waals surface area contributed by atoms with Gasteiger partial charge in [-0.1, -0.05) is 5.21 Å². The highest BCUT2D eigenvalue weighted by Gasteiger charge is 2.12. The monoisotopic (exact) mass is 281 g/mol. The largest absolute Gasteiger partial charge is 0.476 e. The predicted octanol–water partition coefficient (Wildman–Crippen LogP) is -0.422. The van der Waals surface area contributed by atoms with E-state index in [9.17, 15) is 9.59 Å². The van der Waals surface area contributed by atoms with Crippen molar-refractivity contribution in [2.45, 2.75) is 25.8 Å². The maximum absolute atomic E-state index is 11.6. The highest BCUT2D eigenvalue weighted by Crippen LogP contribution is 2.07. The number of amides is 1. The Kier molecular flexibility index (Phi) is 5.05. The molecule has 1 aliphatic rings. The van der Waals surface area contributed by atoms with Gasteiger partial charge in [-0.25, -0.2) is 9.48 Å². The number of carbonyl (C=O) groups is 2. The van der Waals surface area contributed by atoms with Crippen molar-refractivity contribution in [3.05, 3.63) is 11.9 Å². The molecule has 0 bridgehead atoms. The molecule has 0 unspecified atom stereocenters. The Labute approximate surface area is 116 Å². The van der Waals surface area contributed by atoms with Crippen molar-refractivity contribution < 1.29 is 14.7 Å². The first-order chi connectivity index (χ1) is 9.65. The molecule has 0 spiro atoms. The lowest BCUT2D eigenvalue weighted by Gasteiger charge is -2.13. The fourth-order valence-electron chi connectivity index (χ4n) is 2.17. The molecule has 0 aromatic carbocycles. The maximum atomic E-state index is 11.6. The van der Waals surface area contributed by atoms with Gasteiger partial charge in [0.2, 0.25) is 5.91 Å². The Balaban J connectivity index is 1.61. The van der Waals surface area contributed by atoms with Crippen LogP contribution in [0.15, 0.2) is 6.20 Å². The molecule has 1 fully saturated rings. The Morgan fingerprint density at radius 1 is 1.30 bits per heavy atom. The molecular weight excluding hydrogens is 262 g/mol. The lowest BCUT2D eigenvalue weighted by atomic mass is 10.3. The van der Waals surface area contributed by atoms with Gasteiger partial charge in [-0.15, -0.1) is 5.10 Å². The molecule has 0 aliphatic carbocycles. The summed E-state index contributed by atoms with van der Waals surface area (Å²) in [6, 6.07) is 0. The van der Waals surface area contributed by atoms with Crippen LogP contribution in [0.5, 0.6) is 0 Å². The van der Waals surface area contributed by atoms with E-state index in [0.717, 1.165) is 19.6 Å². The molecule has 110 valence electrons. The van der Waals surface area contributed by atoms with Gasteiger partial charge in [-0.2, -0.15) is 0 Å². The van der Waals surface area contributed by atoms with E-state index in [1.165, 1.54) is 23.7 Å². The molecule has 1 aliphatic heterocycles. The van der Waals surface area contributed by atoms with E-state index in [0.29, 0.717) is 19.5 Å². The van der Waals surface area contributed by atoms with Crippen molar-refractivity contribution in [3.63, 3.8) is 0 Å². The molecule has 2 heterocycles. The highest BCUT2D eigenvalue weighted by atomic mass is 16.4. The van der Waals surface area contributed by atoms with Gasteiger partial charge < -0.3 is 15.3 Å². The van der Waals surface area contributed by atoms with Crippen LogP contribution < -0.4 is 5.32 Å². The molecule has 0 atom stereocenters. The van der Waals surface area contributed by atoms with Gasteiger partial charge in [-0.3, -0.25) is 4.79 Å². The van der Waals surface area contributed by atoms with Crippen molar-refractivity contribution in [1.29, 1.82) is 0 Å². The zero-order valence-corrected chi connectivity index (χ0v) is 11.3. The van der Waals surface area contributed by atoms with E-state index in [2.05, 4.69) is 20.5 Å². The molecule has 20 heavy (non-hydrogen) atoms. The Bertz CT molecular complexity index is 467. The average molecular weight is 281 g/mol. The SMILES string of the molecule is O=C(CCN1CCCC1)NCCn1cc(C(=O)O)nn1. The second kappa shape index (κ2) is 6.99. The molecule has 1 amide bonds. The quantitative estimate of drug-likeness (QED) is 0.704. The van der Waals surface area contributed by atoms with Crippen LogP contribution >= 0.6 is 0 Å². The third-order valence-corrected chi connectivity index (χ3v) is 3.27. The van der Waals surface area contributed by atoms with Gasteiger partial charge in [0.05, 0.1) is 12.7 Å². The number of rotatable bonds is 7. The number of likely N-dealkylation sites (tertiary alicyclic amines) is 1. The summed E-state index contributed by atoms with van der Waals surface area (Å²) in [6.45, 7) is 3.81. The topological polar surface area (TPSA) is 100 Å². The first kappa shape index (κ1) is 14.4. The summed E-state index contributed by atoms with van der Waals surface area (Å²) in [5.41, 5.74) is -0.0923. The van der Waals surface area contributed by atoms with Crippen LogP contribution in [0.4, 0.5) is 0 Å². The highest BCUT2D eigenvalue weighted by molar-refractivity contribution is 5.84. The summed E-state index contributed by atoms with van der Waals surface area (Å²) in [5.74, 6) is -1.10. The number of carboxylic acids is 1. The van der Waals surface area contributed by atoms with E-state index in [1.807, 2.05) is 0 Å². The predicted molar refractivity (Wildman–Crippen MR) is 70.3 cm³/mol. The number of carboxylic acid groups (broad SMARTS) is 1. The maximum Gasteiger partial charge on any atom is 0.358 e. The van der Waals surface area contributed by atoms with Crippen molar-refractivity contribution >= 4 is 11.9 Å². The summed E-state index contributed by atoms with van der Waals surface area (Å²) in [6.07, 6.45) is 4.29. The van der Waals surface area contributed by atoms with Crippen LogP contribution in [0, 0.1) is 0 Å². The van der Waals surface area contributed by atoms with E-state index >= 15 is 0 Å². The minimum Gasteiger partial charge on any atom is -0.476 e. The van der Waals surface area contributed by atoms with E-state index in [4.69, 9.17) is 5.11 Å². The first-order valence-electron chi connectivity index (χ1n) is 6.77. The summed E-state index contributed by atoms with van der Waals surface area (Å²) < 4.78 is 1.41. The first-order valence-corrected chi connectivity index (χ1v) is 6.77. The van der Waals surface area contributed by atoms with Gasteiger partial charge >= 0.3 is 5.97 Å². The van der Waals surface area contributed by atoms with Crippen LogP contribution in [0.25, 0.3) is 0 Å². The Hall–Kier alpha value is -1.96. The lowest BCUT2D eigenvalue weighted by molar-refractivity contribution is -0.121. The molecule has 1 aromatic heterocycles. The second-order valence-electron chi connectivity index (χ2n) is 4.82. The number of hydrogen-bond donors (Lipinski definition) is 2. The number of carbonyl (C=O) groups excluding carboxylic acids is 1. The number of aromatic carboxylic acids is 1. The molecule has 8 nitrogen and oxygen atoms in total. The van der Waals surface area contributed by atoms with Gasteiger partial charge in [0, 0.05) is 19.5 Å². The Morgan fingerprint density at radius 2 is 2.05 bits per heavy atom.